The molecule has 1 aliphatic heterocycles. The van der Waals surface area contributed by atoms with Crippen LogP contribution in [-0.4, -0.2) is 53.5 Å². The second-order valence-corrected chi connectivity index (χ2v) is 8.85. The maximum absolute atomic E-state index is 12.7. The molecule has 0 bridgehead atoms. The molecule has 0 radical (unpaired) electrons. The van der Waals surface area contributed by atoms with E-state index in [9.17, 15) is 4.79 Å². The zero-order chi connectivity index (χ0) is 21.2. The van der Waals surface area contributed by atoms with Gasteiger partial charge in [0.25, 0.3) is 0 Å². The summed E-state index contributed by atoms with van der Waals surface area (Å²) in [5.41, 5.74) is 1.15. The molecular formula is C24H25N5OS. The van der Waals surface area contributed by atoms with Crippen molar-refractivity contribution in [2.24, 2.45) is 0 Å². The lowest BCUT2D eigenvalue weighted by Crippen LogP contribution is -2.50. The maximum Gasteiger partial charge on any atom is 0.234 e. The van der Waals surface area contributed by atoms with Crippen LogP contribution in [0.5, 0.6) is 0 Å². The van der Waals surface area contributed by atoms with Crippen LogP contribution < -0.4 is 10.2 Å². The number of piperazine rings is 1. The van der Waals surface area contributed by atoms with Gasteiger partial charge in [0, 0.05) is 26.2 Å². The molecule has 3 heterocycles. The second-order valence-electron chi connectivity index (χ2n) is 7.96. The highest BCUT2D eigenvalue weighted by atomic mass is 32.1. The van der Waals surface area contributed by atoms with E-state index in [1.807, 2.05) is 12.1 Å². The largest absolute Gasteiger partial charge is 0.353 e. The fourth-order valence-electron chi connectivity index (χ4n) is 4.34. The van der Waals surface area contributed by atoms with Crippen LogP contribution in [0, 0.1) is 0 Å². The Kier molecular flexibility index (Phi) is 5.53. The van der Waals surface area contributed by atoms with Crippen molar-refractivity contribution in [2.45, 2.75) is 13.0 Å². The van der Waals surface area contributed by atoms with Crippen molar-refractivity contribution in [3.8, 4) is 0 Å². The Morgan fingerprint density at radius 1 is 1.03 bits per heavy atom. The monoisotopic (exact) mass is 431 g/mol. The standard InChI is InChI=1S/C24H25N5OS/c1-17(19-8-4-6-18-5-2-3-7-20(18)19)27-22(30)15-28-10-12-29(13-11-28)23-21-9-14-31-24(21)26-16-25-23/h2-9,14,16-17H,10-13,15H2,1H3,(H,27,30). The molecule has 7 heteroatoms. The van der Waals surface area contributed by atoms with Crippen LogP contribution in [0.3, 0.4) is 0 Å². The number of nitrogens with zero attached hydrogens (tertiary/aromatic N) is 4. The van der Waals surface area contributed by atoms with Gasteiger partial charge in [0.2, 0.25) is 5.91 Å². The number of thiophene rings is 1. The SMILES string of the molecule is CC(NC(=O)CN1CCN(c2ncnc3sccc23)CC1)c1cccc2ccccc12. The first-order chi connectivity index (χ1) is 15.2. The van der Waals surface area contributed by atoms with Crippen molar-refractivity contribution in [1.82, 2.24) is 20.2 Å². The van der Waals surface area contributed by atoms with E-state index >= 15 is 0 Å². The Morgan fingerprint density at radius 3 is 2.71 bits per heavy atom. The second kappa shape index (κ2) is 8.61. The van der Waals surface area contributed by atoms with E-state index in [2.05, 4.69) is 73.8 Å². The summed E-state index contributed by atoms with van der Waals surface area (Å²) in [4.78, 5) is 27.1. The van der Waals surface area contributed by atoms with E-state index in [0.717, 1.165) is 47.8 Å². The zero-order valence-electron chi connectivity index (χ0n) is 17.5. The van der Waals surface area contributed by atoms with Gasteiger partial charge >= 0.3 is 0 Å². The molecule has 2 aromatic carbocycles. The summed E-state index contributed by atoms with van der Waals surface area (Å²) in [5.74, 6) is 1.07. The van der Waals surface area contributed by atoms with E-state index in [4.69, 9.17) is 0 Å². The number of rotatable bonds is 5. The number of carbonyl (C=O) groups is 1. The Hall–Kier alpha value is -3.03. The van der Waals surface area contributed by atoms with Gasteiger partial charge in [-0.2, -0.15) is 0 Å². The average Bonchev–Trinajstić information content (AvgIpc) is 3.28. The highest BCUT2D eigenvalue weighted by molar-refractivity contribution is 7.16. The van der Waals surface area contributed by atoms with Gasteiger partial charge in [0.05, 0.1) is 18.0 Å². The molecule has 1 N–H and O–H groups in total. The van der Waals surface area contributed by atoms with Crippen LogP contribution >= 0.6 is 11.3 Å². The number of hydrogen-bond acceptors (Lipinski definition) is 6. The molecule has 0 saturated carbocycles. The lowest BCUT2D eigenvalue weighted by molar-refractivity contribution is -0.123. The minimum absolute atomic E-state index is 0.0345. The summed E-state index contributed by atoms with van der Waals surface area (Å²) in [5, 5.41) is 8.74. The summed E-state index contributed by atoms with van der Waals surface area (Å²) >= 11 is 1.64. The van der Waals surface area contributed by atoms with E-state index in [1.54, 1.807) is 17.7 Å². The highest BCUT2D eigenvalue weighted by Gasteiger charge is 2.22. The van der Waals surface area contributed by atoms with E-state index < -0.39 is 0 Å². The summed E-state index contributed by atoms with van der Waals surface area (Å²) in [6.45, 7) is 5.86. The number of benzene rings is 2. The normalized spacial score (nSPS) is 16.0. The topological polar surface area (TPSA) is 61.4 Å². The molecule has 4 aromatic rings. The Balaban J connectivity index is 1.19. The predicted octanol–water partition coefficient (Wildman–Crippen LogP) is 3.84. The van der Waals surface area contributed by atoms with Crippen molar-refractivity contribution in [2.75, 3.05) is 37.6 Å². The minimum atomic E-state index is -0.0345. The molecule has 31 heavy (non-hydrogen) atoms. The number of anilines is 1. The van der Waals surface area contributed by atoms with Crippen LogP contribution in [0.25, 0.3) is 21.0 Å². The number of carbonyl (C=O) groups excluding carboxylic acids is 1. The summed E-state index contributed by atoms with van der Waals surface area (Å²) in [6, 6.07) is 16.6. The van der Waals surface area contributed by atoms with E-state index in [1.165, 1.54) is 10.8 Å². The molecule has 5 rings (SSSR count). The maximum atomic E-state index is 12.7. The molecule has 1 amide bonds. The first-order valence-corrected chi connectivity index (χ1v) is 11.5. The van der Waals surface area contributed by atoms with Crippen molar-refractivity contribution in [3.05, 3.63) is 65.8 Å². The van der Waals surface area contributed by atoms with Gasteiger partial charge in [-0.25, -0.2) is 9.97 Å². The molecule has 0 aliphatic carbocycles. The molecule has 158 valence electrons. The van der Waals surface area contributed by atoms with Gasteiger partial charge in [-0.15, -0.1) is 11.3 Å². The van der Waals surface area contributed by atoms with E-state index in [0.29, 0.717) is 6.54 Å². The minimum Gasteiger partial charge on any atom is -0.353 e. The van der Waals surface area contributed by atoms with Gasteiger partial charge in [-0.1, -0.05) is 42.5 Å². The Labute approximate surface area is 185 Å². The zero-order valence-corrected chi connectivity index (χ0v) is 18.3. The van der Waals surface area contributed by atoms with Gasteiger partial charge in [-0.3, -0.25) is 9.69 Å². The van der Waals surface area contributed by atoms with Crippen LogP contribution in [-0.2, 0) is 4.79 Å². The average molecular weight is 432 g/mol. The number of nitrogens with one attached hydrogen (secondary N) is 1. The molecule has 2 aromatic heterocycles. The predicted molar refractivity (Wildman–Crippen MR) is 127 cm³/mol. The van der Waals surface area contributed by atoms with Gasteiger partial charge in [0.15, 0.2) is 0 Å². The van der Waals surface area contributed by atoms with Crippen molar-refractivity contribution in [3.63, 3.8) is 0 Å². The summed E-state index contributed by atoms with van der Waals surface area (Å²) in [7, 11) is 0. The number of hydrogen-bond donors (Lipinski definition) is 1. The molecule has 1 unspecified atom stereocenters. The molecule has 1 saturated heterocycles. The molecule has 1 fully saturated rings. The fourth-order valence-corrected chi connectivity index (χ4v) is 5.07. The van der Waals surface area contributed by atoms with Crippen LogP contribution in [0.15, 0.2) is 60.2 Å². The first-order valence-electron chi connectivity index (χ1n) is 10.6. The highest BCUT2D eigenvalue weighted by Crippen LogP contribution is 2.27. The molecular weight excluding hydrogens is 406 g/mol. The lowest BCUT2D eigenvalue weighted by atomic mass is 10.00. The van der Waals surface area contributed by atoms with Crippen LogP contribution in [0.1, 0.15) is 18.5 Å². The van der Waals surface area contributed by atoms with Crippen molar-refractivity contribution < 1.29 is 4.79 Å². The number of fused-ring (bicyclic) bond motifs is 2. The van der Waals surface area contributed by atoms with Gasteiger partial charge in [-0.05, 0) is 34.7 Å². The van der Waals surface area contributed by atoms with Crippen molar-refractivity contribution in [1.29, 1.82) is 0 Å². The Bertz CT molecular complexity index is 1210. The fraction of sp³-hybridized carbons (Fsp3) is 0.292. The van der Waals surface area contributed by atoms with E-state index in [-0.39, 0.29) is 11.9 Å². The smallest absolute Gasteiger partial charge is 0.234 e. The van der Waals surface area contributed by atoms with Gasteiger partial charge in [0.1, 0.15) is 17.0 Å². The summed E-state index contributed by atoms with van der Waals surface area (Å²) in [6.07, 6.45) is 1.64. The molecule has 1 aliphatic rings. The third-order valence-corrected chi connectivity index (χ3v) is 6.77. The lowest BCUT2D eigenvalue weighted by Gasteiger charge is -2.35. The molecule has 0 spiro atoms. The van der Waals surface area contributed by atoms with Crippen LogP contribution in [0.4, 0.5) is 5.82 Å². The summed E-state index contributed by atoms with van der Waals surface area (Å²) < 4.78 is 0. The van der Waals surface area contributed by atoms with Crippen LogP contribution in [0.2, 0.25) is 0 Å². The molecule has 1 atom stereocenters. The van der Waals surface area contributed by atoms with Gasteiger partial charge < -0.3 is 10.2 Å². The van der Waals surface area contributed by atoms with Crippen molar-refractivity contribution >= 4 is 44.1 Å². The first kappa shape index (κ1) is 19.9. The number of amides is 1. The third-order valence-electron chi connectivity index (χ3n) is 5.95. The molecule has 6 nitrogen and oxygen atoms in total. The number of aromatic nitrogens is 2. The Morgan fingerprint density at radius 2 is 1.84 bits per heavy atom. The quantitative estimate of drug-likeness (QED) is 0.520. The third kappa shape index (κ3) is 4.11.